The fourth-order valence-corrected chi connectivity index (χ4v) is 4.27. The third-order valence-corrected chi connectivity index (χ3v) is 5.82. The first kappa shape index (κ1) is 18.9. The van der Waals surface area contributed by atoms with Gasteiger partial charge in [0.2, 0.25) is 0 Å². The molecule has 2 N–H and O–H groups in total. The summed E-state index contributed by atoms with van der Waals surface area (Å²) in [6, 6.07) is 1.36. The number of rotatable bonds is 4. The maximum absolute atomic E-state index is 4.36. The summed E-state index contributed by atoms with van der Waals surface area (Å²) < 4.78 is 0. The molecule has 1 atom stereocenters. The molecule has 0 bridgehead atoms. The number of nitrogens with one attached hydrogen (secondary N) is 2. The number of halogens is 1. The lowest BCUT2D eigenvalue weighted by atomic mass is 10.2. The maximum Gasteiger partial charge on any atom is 0.191 e. The van der Waals surface area contributed by atoms with Crippen molar-refractivity contribution in [2.24, 2.45) is 4.99 Å². The summed E-state index contributed by atoms with van der Waals surface area (Å²) in [7, 11) is 1.85. The first-order valence-electron chi connectivity index (χ1n) is 8.36. The third-order valence-electron chi connectivity index (χ3n) is 4.89. The Hall–Kier alpha value is -0.410. The van der Waals surface area contributed by atoms with Gasteiger partial charge in [0.05, 0.1) is 17.7 Å². The van der Waals surface area contributed by atoms with Crippen LogP contribution >= 0.6 is 35.3 Å². The fraction of sp³-hybridized carbons (Fsp3) is 0.750. The van der Waals surface area contributed by atoms with Gasteiger partial charge in [0.25, 0.3) is 0 Å². The maximum atomic E-state index is 4.36. The van der Waals surface area contributed by atoms with E-state index in [1.54, 1.807) is 11.3 Å². The Morgan fingerprint density at radius 3 is 2.83 bits per heavy atom. The first-order valence-corrected chi connectivity index (χ1v) is 9.24. The van der Waals surface area contributed by atoms with Crippen molar-refractivity contribution in [3.63, 3.8) is 0 Å². The van der Waals surface area contributed by atoms with Gasteiger partial charge in [-0.25, -0.2) is 4.98 Å². The Labute approximate surface area is 160 Å². The van der Waals surface area contributed by atoms with Crippen LogP contribution in [0.1, 0.15) is 42.7 Å². The zero-order valence-electron chi connectivity index (χ0n) is 14.0. The van der Waals surface area contributed by atoms with E-state index >= 15 is 0 Å². The number of aromatic nitrogens is 1. The van der Waals surface area contributed by atoms with E-state index in [2.05, 4.69) is 32.4 Å². The van der Waals surface area contributed by atoms with Crippen LogP contribution in [-0.2, 0) is 6.54 Å². The summed E-state index contributed by atoms with van der Waals surface area (Å²) in [5.41, 5.74) is 3.01. The normalized spacial score (nSPS) is 23.0. The van der Waals surface area contributed by atoms with Crippen molar-refractivity contribution < 1.29 is 0 Å². The Morgan fingerprint density at radius 1 is 1.39 bits per heavy atom. The monoisotopic (exact) mass is 449 g/mol. The van der Waals surface area contributed by atoms with E-state index in [4.69, 9.17) is 0 Å². The number of likely N-dealkylation sites (tertiary alicyclic amines) is 1. The molecular formula is C16H28IN5S. The van der Waals surface area contributed by atoms with Crippen molar-refractivity contribution in [3.8, 4) is 0 Å². The lowest BCUT2D eigenvalue weighted by Gasteiger charge is -2.24. The van der Waals surface area contributed by atoms with Crippen LogP contribution in [-0.4, -0.2) is 48.1 Å². The van der Waals surface area contributed by atoms with E-state index in [0.717, 1.165) is 30.8 Å². The Balaban J connectivity index is 0.00000192. The van der Waals surface area contributed by atoms with E-state index in [0.29, 0.717) is 6.04 Å². The van der Waals surface area contributed by atoms with Crippen LogP contribution in [0, 0.1) is 6.92 Å². The van der Waals surface area contributed by atoms with E-state index in [9.17, 15) is 0 Å². The molecule has 0 aromatic carbocycles. The number of hydrogen-bond acceptors (Lipinski definition) is 4. The first-order chi connectivity index (χ1) is 10.8. The van der Waals surface area contributed by atoms with Crippen molar-refractivity contribution in [3.05, 3.63) is 16.1 Å². The van der Waals surface area contributed by atoms with Gasteiger partial charge in [0.1, 0.15) is 0 Å². The molecule has 1 aromatic rings. The van der Waals surface area contributed by atoms with Crippen molar-refractivity contribution in [2.45, 2.75) is 57.7 Å². The topological polar surface area (TPSA) is 52.6 Å². The predicted octanol–water partition coefficient (Wildman–Crippen LogP) is 2.75. The summed E-state index contributed by atoms with van der Waals surface area (Å²) in [5.74, 6) is 0.908. The summed E-state index contributed by atoms with van der Waals surface area (Å²) in [5, 5.41) is 7.00. The van der Waals surface area contributed by atoms with Crippen LogP contribution in [0.15, 0.2) is 10.5 Å². The Kier molecular flexibility index (Phi) is 7.55. The number of aliphatic imine (C=N–C) groups is 1. The smallest absolute Gasteiger partial charge is 0.191 e. The minimum atomic E-state index is 0. The molecule has 2 fully saturated rings. The molecular weight excluding hydrogens is 421 g/mol. The number of nitrogens with zero attached hydrogens (tertiary/aromatic N) is 3. The minimum absolute atomic E-state index is 0. The van der Waals surface area contributed by atoms with Crippen LogP contribution in [0.25, 0.3) is 0 Å². The van der Waals surface area contributed by atoms with Crippen LogP contribution in [0.5, 0.6) is 0 Å². The number of thiazole rings is 1. The van der Waals surface area contributed by atoms with Crippen molar-refractivity contribution in [1.29, 1.82) is 0 Å². The average molecular weight is 449 g/mol. The van der Waals surface area contributed by atoms with E-state index < -0.39 is 0 Å². The molecule has 3 rings (SSSR count). The van der Waals surface area contributed by atoms with Crippen LogP contribution in [0.3, 0.4) is 0 Å². The van der Waals surface area contributed by atoms with Gasteiger partial charge in [-0.15, -0.1) is 35.3 Å². The lowest BCUT2D eigenvalue weighted by Crippen LogP contribution is -2.45. The highest BCUT2D eigenvalue weighted by molar-refractivity contribution is 14.0. The van der Waals surface area contributed by atoms with Crippen molar-refractivity contribution in [2.75, 3.05) is 20.1 Å². The molecule has 0 radical (unpaired) electrons. The summed E-state index contributed by atoms with van der Waals surface area (Å²) >= 11 is 1.70. The van der Waals surface area contributed by atoms with Gasteiger partial charge in [0.15, 0.2) is 5.96 Å². The van der Waals surface area contributed by atoms with Gasteiger partial charge in [-0.3, -0.25) is 9.89 Å². The second-order valence-electron chi connectivity index (χ2n) is 6.35. The largest absolute Gasteiger partial charge is 0.352 e. The van der Waals surface area contributed by atoms with E-state index in [-0.39, 0.29) is 24.0 Å². The highest BCUT2D eigenvalue weighted by Crippen LogP contribution is 2.26. The van der Waals surface area contributed by atoms with Crippen LogP contribution in [0.2, 0.25) is 0 Å². The molecule has 1 aliphatic carbocycles. The molecule has 0 amide bonds. The van der Waals surface area contributed by atoms with Gasteiger partial charge in [-0.1, -0.05) is 12.8 Å². The summed E-state index contributed by atoms with van der Waals surface area (Å²) in [6.45, 7) is 5.24. The number of hydrogen-bond donors (Lipinski definition) is 2. The summed E-state index contributed by atoms with van der Waals surface area (Å²) in [4.78, 5) is 12.6. The molecule has 1 saturated heterocycles. The molecule has 1 saturated carbocycles. The molecule has 1 aliphatic heterocycles. The molecule has 130 valence electrons. The second kappa shape index (κ2) is 9.17. The van der Waals surface area contributed by atoms with Crippen LogP contribution in [0.4, 0.5) is 0 Å². The minimum Gasteiger partial charge on any atom is -0.352 e. The summed E-state index contributed by atoms with van der Waals surface area (Å²) in [6.07, 6.45) is 6.83. The number of aryl methyl sites for hydroxylation is 1. The molecule has 1 aromatic heterocycles. The second-order valence-corrected chi connectivity index (χ2v) is 7.29. The quantitative estimate of drug-likeness (QED) is 0.422. The van der Waals surface area contributed by atoms with Crippen molar-refractivity contribution >= 4 is 41.3 Å². The third kappa shape index (κ3) is 5.03. The SMILES string of the molecule is CN=C(NCc1scnc1C)NC1CCN(C2CCCC2)C1.I. The Bertz CT molecular complexity index is 512. The molecule has 5 nitrogen and oxygen atoms in total. The highest BCUT2D eigenvalue weighted by Gasteiger charge is 2.30. The van der Waals surface area contributed by atoms with E-state index in [1.165, 1.54) is 43.5 Å². The van der Waals surface area contributed by atoms with Crippen molar-refractivity contribution in [1.82, 2.24) is 20.5 Å². The molecule has 0 spiro atoms. The average Bonchev–Trinajstić information content (AvgIpc) is 3.25. The lowest BCUT2D eigenvalue weighted by molar-refractivity contribution is 0.242. The Morgan fingerprint density at radius 2 is 2.17 bits per heavy atom. The molecule has 2 heterocycles. The predicted molar refractivity (Wildman–Crippen MR) is 108 cm³/mol. The van der Waals surface area contributed by atoms with Gasteiger partial charge < -0.3 is 10.6 Å². The molecule has 7 heteroatoms. The van der Waals surface area contributed by atoms with Crippen LogP contribution < -0.4 is 10.6 Å². The zero-order chi connectivity index (χ0) is 15.4. The van der Waals surface area contributed by atoms with Gasteiger partial charge >= 0.3 is 0 Å². The van der Waals surface area contributed by atoms with Gasteiger partial charge in [-0.2, -0.15) is 0 Å². The van der Waals surface area contributed by atoms with Gasteiger partial charge in [0, 0.05) is 37.1 Å². The number of guanidine groups is 1. The molecule has 1 unspecified atom stereocenters. The standard InChI is InChI=1S/C16H27N5S.HI/c1-12-15(22-11-19-12)9-18-16(17-2)20-13-7-8-21(10-13)14-5-3-4-6-14;/h11,13-14H,3-10H2,1-2H3,(H2,17,18,20);1H. The van der Waals surface area contributed by atoms with Gasteiger partial charge in [-0.05, 0) is 26.2 Å². The fourth-order valence-electron chi connectivity index (χ4n) is 3.55. The highest BCUT2D eigenvalue weighted by atomic mass is 127. The molecule has 2 aliphatic rings. The molecule has 23 heavy (non-hydrogen) atoms. The van der Waals surface area contributed by atoms with E-state index in [1.807, 2.05) is 12.6 Å². The zero-order valence-corrected chi connectivity index (χ0v) is 17.2.